The minimum atomic E-state index is -1.15. The number of hydrogen-bond donors (Lipinski definition) is 1. The number of ether oxygens (including phenoxy) is 4. The first-order valence-corrected chi connectivity index (χ1v) is 15.8. The number of hydrogen-bond acceptors (Lipinski definition) is 8. The third-order valence-corrected chi connectivity index (χ3v) is 8.37. The van der Waals surface area contributed by atoms with E-state index in [1.165, 1.54) is 22.3 Å². The molecule has 1 aliphatic rings. The number of methoxy groups -OCH3 is 3. The quantitative estimate of drug-likeness (QED) is 0.114. The molecule has 0 aromatic heterocycles. The fraction of sp³-hybridized carbons (Fsp3) is 0.405. The molecule has 46 heavy (non-hydrogen) atoms. The average Bonchev–Trinajstić information content (AvgIpc) is 3.06. The average molecular weight is 631 g/mol. The van der Waals surface area contributed by atoms with Gasteiger partial charge in [-0.3, -0.25) is 4.90 Å². The number of carboxylic acid groups (broad SMARTS) is 1. The standard InChI is InChI=1S/C37H46N2O7/c1-38(26-28-10-6-5-7-11-28)18-9-21-46-37(42)30(24-36(40)41)12-8-19-39-20-17-29-23-34(44-3)35(45-4)25-32(29)33(39)22-27-13-15-31(43-2)16-14-27/h5-7,10-11,13-16,23-25,33H,8-9,12,17-22,26H2,1-4H3,(H,40,41)/b30-24-. The van der Waals surface area contributed by atoms with Crippen LogP contribution in [0.3, 0.4) is 0 Å². The minimum absolute atomic E-state index is 0.0590. The van der Waals surface area contributed by atoms with E-state index in [9.17, 15) is 14.7 Å². The third kappa shape index (κ3) is 9.83. The van der Waals surface area contributed by atoms with Gasteiger partial charge >= 0.3 is 11.9 Å². The van der Waals surface area contributed by atoms with E-state index >= 15 is 0 Å². The normalized spacial score (nSPS) is 14.9. The van der Waals surface area contributed by atoms with Crippen LogP contribution < -0.4 is 14.2 Å². The lowest BCUT2D eigenvalue weighted by atomic mass is 9.88. The van der Waals surface area contributed by atoms with Crippen LogP contribution in [0.4, 0.5) is 0 Å². The highest BCUT2D eigenvalue weighted by Gasteiger charge is 2.29. The van der Waals surface area contributed by atoms with Crippen molar-refractivity contribution in [2.45, 2.75) is 44.7 Å². The third-order valence-electron chi connectivity index (χ3n) is 8.37. The number of rotatable bonds is 17. The molecule has 0 fully saturated rings. The van der Waals surface area contributed by atoms with E-state index in [1.54, 1.807) is 21.3 Å². The first-order chi connectivity index (χ1) is 22.3. The van der Waals surface area contributed by atoms with E-state index < -0.39 is 11.9 Å². The Balaban J connectivity index is 1.38. The van der Waals surface area contributed by atoms with Crippen LogP contribution in [0.5, 0.6) is 17.2 Å². The van der Waals surface area contributed by atoms with Gasteiger partial charge in [0, 0.05) is 37.3 Å². The van der Waals surface area contributed by atoms with Crippen LogP contribution in [0.1, 0.15) is 47.6 Å². The molecule has 1 unspecified atom stereocenters. The van der Waals surface area contributed by atoms with Crippen LogP contribution in [-0.4, -0.2) is 81.5 Å². The molecule has 3 aromatic carbocycles. The van der Waals surface area contributed by atoms with Gasteiger partial charge in [0.2, 0.25) is 0 Å². The van der Waals surface area contributed by atoms with Gasteiger partial charge < -0.3 is 29.0 Å². The van der Waals surface area contributed by atoms with Crippen molar-refractivity contribution in [3.63, 3.8) is 0 Å². The molecule has 0 saturated heterocycles. The number of carbonyl (C=O) groups is 2. The van der Waals surface area contributed by atoms with E-state index in [-0.39, 0.29) is 18.2 Å². The van der Waals surface area contributed by atoms with E-state index in [0.717, 1.165) is 44.3 Å². The molecule has 246 valence electrons. The van der Waals surface area contributed by atoms with Crippen molar-refractivity contribution in [2.24, 2.45) is 0 Å². The van der Waals surface area contributed by atoms with Crippen molar-refractivity contribution in [2.75, 3.05) is 54.6 Å². The molecule has 1 N–H and O–H groups in total. The van der Waals surface area contributed by atoms with E-state index in [1.807, 2.05) is 37.4 Å². The summed E-state index contributed by atoms with van der Waals surface area (Å²) in [7, 11) is 6.97. The maximum Gasteiger partial charge on any atom is 0.334 e. The van der Waals surface area contributed by atoms with Crippen molar-refractivity contribution in [1.82, 2.24) is 9.80 Å². The van der Waals surface area contributed by atoms with Crippen molar-refractivity contribution < 1.29 is 33.6 Å². The Labute approximate surface area is 272 Å². The molecule has 1 heterocycles. The monoisotopic (exact) mass is 630 g/mol. The molecule has 0 saturated carbocycles. The van der Waals surface area contributed by atoms with Crippen LogP contribution in [0.2, 0.25) is 0 Å². The zero-order valence-corrected chi connectivity index (χ0v) is 27.4. The number of esters is 1. The lowest BCUT2D eigenvalue weighted by molar-refractivity contribution is -0.140. The maximum atomic E-state index is 12.9. The van der Waals surface area contributed by atoms with E-state index in [4.69, 9.17) is 18.9 Å². The summed E-state index contributed by atoms with van der Waals surface area (Å²) in [6.07, 6.45) is 4.17. The van der Waals surface area contributed by atoms with Gasteiger partial charge in [0.1, 0.15) is 5.75 Å². The zero-order chi connectivity index (χ0) is 32.9. The lowest BCUT2D eigenvalue weighted by Gasteiger charge is -2.38. The summed E-state index contributed by atoms with van der Waals surface area (Å²) in [5, 5.41) is 9.48. The number of fused-ring (bicyclic) bond motifs is 1. The minimum Gasteiger partial charge on any atom is -0.497 e. The molecule has 0 aliphatic carbocycles. The summed E-state index contributed by atoms with van der Waals surface area (Å²) in [4.78, 5) is 29.1. The predicted molar refractivity (Wildman–Crippen MR) is 178 cm³/mol. The first kappa shape index (κ1) is 34.5. The molecule has 0 spiro atoms. The molecule has 0 bridgehead atoms. The van der Waals surface area contributed by atoms with Gasteiger partial charge in [-0.2, -0.15) is 0 Å². The molecular formula is C37H46N2O7. The highest BCUT2D eigenvalue weighted by atomic mass is 16.5. The molecule has 0 radical (unpaired) electrons. The first-order valence-electron chi connectivity index (χ1n) is 15.8. The highest BCUT2D eigenvalue weighted by Crippen LogP contribution is 2.39. The Morgan fingerprint density at radius 3 is 2.33 bits per heavy atom. The molecule has 0 amide bonds. The number of carbonyl (C=O) groups excluding carboxylic acids is 1. The second-order valence-electron chi connectivity index (χ2n) is 11.6. The summed E-state index contributed by atoms with van der Waals surface area (Å²) < 4.78 is 22.1. The topological polar surface area (TPSA) is 97.8 Å². The van der Waals surface area contributed by atoms with Crippen LogP contribution in [0.15, 0.2) is 78.4 Å². The molecule has 1 atom stereocenters. The van der Waals surface area contributed by atoms with Crippen molar-refractivity contribution in [3.05, 3.63) is 101 Å². The fourth-order valence-corrected chi connectivity index (χ4v) is 5.99. The van der Waals surface area contributed by atoms with Gasteiger partial charge in [0.15, 0.2) is 11.5 Å². The fourth-order valence-electron chi connectivity index (χ4n) is 5.99. The highest BCUT2D eigenvalue weighted by molar-refractivity contribution is 5.95. The smallest absolute Gasteiger partial charge is 0.334 e. The van der Waals surface area contributed by atoms with Crippen molar-refractivity contribution in [3.8, 4) is 17.2 Å². The van der Waals surface area contributed by atoms with Gasteiger partial charge in [-0.15, -0.1) is 0 Å². The Morgan fingerprint density at radius 2 is 1.65 bits per heavy atom. The van der Waals surface area contributed by atoms with Crippen LogP contribution >= 0.6 is 0 Å². The molecule has 9 heteroatoms. The Kier molecular flexibility index (Phi) is 13.0. The molecule has 4 rings (SSSR count). The van der Waals surface area contributed by atoms with Gasteiger partial charge in [0.05, 0.1) is 27.9 Å². The summed E-state index contributed by atoms with van der Waals surface area (Å²) in [6.45, 7) is 3.29. The Hall–Kier alpha value is -4.34. The van der Waals surface area contributed by atoms with Gasteiger partial charge in [0.25, 0.3) is 0 Å². The number of carboxylic acids is 1. The molecule has 3 aromatic rings. The van der Waals surface area contributed by atoms with E-state index in [2.05, 4.69) is 46.2 Å². The van der Waals surface area contributed by atoms with Gasteiger partial charge in [-0.05, 0) is 92.2 Å². The summed E-state index contributed by atoms with van der Waals surface area (Å²) >= 11 is 0. The Morgan fingerprint density at radius 1 is 0.935 bits per heavy atom. The van der Waals surface area contributed by atoms with Crippen molar-refractivity contribution >= 4 is 11.9 Å². The molecular weight excluding hydrogens is 584 g/mol. The number of aliphatic carboxylic acids is 1. The predicted octanol–water partition coefficient (Wildman–Crippen LogP) is 5.71. The van der Waals surface area contributed by atoms with Gasteiger partial charge in [-0.1, -0.05) is 42.5 Å². The molecule has 9 nitrogen and oxygen atoms in total. The largest absolute Gasteiger partial charge is 0.497 e. The van der Waals surface area contributed by atoms with Crippen LogP contribution in [-0.2, 0) is 33.7 Å². The maximum absolute atomic E-state index is 12.9. The molecule has 1 aliphatic heterocycles. The summed E-state index contributed by atoms with van der Waals surface area (Å²) in [5.41, 5.74) is 4.97. The zero-order valence-electron chi connectivity index (χ0n) is 27.4. The van der Waals surface area contributed by atoms with Crippen LogP contribution in [0, 0.1) is 0 Å². The second kappa shape index (κ2) is 17.4. The number of nitrogens with zero attached hydrogens (tertiary/aromatic N) is 2. The van der Waals surface area contributed by atoms with Crippen molar-refractivity contribution in [1.29, 1.82) is 0 Å². The van der Waals surface area contributed by atoms with Crippen LogP contribution in [0.25, 0.3) is 0 Å². The Bertz CT molecular complexity index is 1460. The summed E-state index contributed by atoms with van der Waals surface area (Å²) in [6, 6.07) is 22.5. The summed E-state index contributed by atoms with van der Waals surface area (Å²) in [5.74, 6) is 0.481. The van der Waals surface area contributed by atoms with Gasteiger partial charge in [-0.25, -0.2) is 9.59 Å². The SMILES string of the molecule is COc1ccc(CC2c3cc(OC)c(OC)cc3CCN2CCC/C(=C/C(=O)O)C(=O)OCCCN(C)Cc2ccccc2)cc1. The second-order valence-corrected chi connectivity index (χ2v) is 11.6. The number of benzene rings is 3. The lowest BCUT2D eigenvalue weighted by Crippen LogP contribution is -2.37. The van der Waals surface area contributed by atoms with E-state index in [0.29, 0.717) is 37.3 Å².